The highest BCUT2D eigenvalue weighted by Crippen LogP contribution is 2.44. The second-order valence-electron chi connectivity index (χ2n) is 8.84. The number of carbonyl (C=O) groups is 1. The first kappa shape index (κ1) is 18.5. The Morgan fingerprint density at radius 2 is 2.10 bits per heavy atom. The minimum absolute atomic E-state index is 0.0383. The molecule has 156 valence electrons. The monoisotopic (exact) mass is 431 g/mol. The van der Waals surface area contributed by atoms with E-state index in [9.17, 15) is 4.79 Å². The number of hydrogen-bond donors (Lipinski definition) is 0. The van der Waals surface area contributed by atoms with Crippen molar-refractivity contribution >= 4 is 33.6 Å². The Kier molecular flexibility index (Phi) is 3.95. The van der Waals surface area contributed by atoms with Crippen molar-refractivity contribution in [2.45, 2.75) is 26.7 Å². The summed E-state index contributed by atoms with van der Waals surface area (Å²) < 4.78 is 7.95. The van der Waals surface area contributed by atoms with E-state index in [4.69, 9.17) is 9.72 Å². The highest BCUT2D eigenvalue weighted by atomic mass is 32.1. The fourth-order valence-corrected chi connectivity index (χ4v) is 5.51. The molecule has 2 aliphatic rings. The van der Waals surface area contributed by atoms with Crippen LogP contribution in [0.2, 0.25) is 0 Å². The maximum Gasteiger partial charge on any atom is 0.190 e. The summed E-state index contributed by atoms with van der Waals surface area (Å²) >= 11 is 1.50. The van der Waals surface area contributed by atoms with E-state index < -0.39 is 0 Å². The van der Waals surface area contributed by atoms with E-state index in [1.165, 1.54) is 11.3 Å². The Morgan fingerprint density at radius 1 is 1.19 bits per heavy atom. The molecule has 0 saturated heterocycles. The number of rotatable bonds is 2. The zero-order chi connectivity index (χ0) is 21.2. The number of benzene rings is 1. The molecule has 6 rings (SSSR count). The van der Waals surface area contributed by atoms with E-state index in [1.807, 2.05) is 28.9 Å². The van der Waals surface area contributed by atoms with Crippen molar-refractivity contribution in [3.05, 3.63) is 53.6 Å². The van der Waals surface area contributed by atoms with Gasteiger partial charge < -0.3 is 9.64 Å². The zero-order valence-electron chi connectivity index (χ0n) is 17.3. The summed E-state index contributed by atoms with van der Waals surface area (Å²) in [6.07, 6.45) is 8.68. The summed E-state index contributed by atoms with van der Waals surface area (Å²) in [7, 11) is 0. The second kappa shape index (κ2) is 6.62. The molecule has 0 atom stereocenters. The topological polar surface area (TPSA) is 72.6 Å². The van der Waals surface area contributed by atoms with Crippen molar-refractivity contribution in [1.82, 2.24) is 19.4 Å². The Labute approximate surface area is 183 Å². The van der Waals surface area contributed by atoms with E-state index in [2.05, 4.69) is 34.8 Å². The van der Waals surface area contributed by atoms with Crippen molar-refractivity contribution in [2.75, 3.05) is 18.1 Å². The summed E-state index contributed by atoms with van der Waals surface area (Å²) in [6, 6.07) is 6.16. The average molecular weight is 432 g/mol. The lowest BCUT2D eigenvalue weighted by molar-refractivity contribution is 0.0916. The first-order valence-corrected chi connectivity index (χ1v) is 11.1. The number of fused-ring (bicyclic) bond motifs is 3. The summed E-state index contributed by atoms with van der Waals surface area (Å²) in [5, 5.41) is 0.861. The van der Waals surface area contributed by atoms with Crippen LogP contribution >= 0.6 is 11.3 Å². The highest BCUT2D eigenvalue weighted by molar-refractivity contribution is 7.17. The molecule has 0 amide bonds. The van der Waals surface area contributed by atoms with Crippen LogP contribution in [-0.4, -0.2) is 38.3 Å². The van der Waals surface area contributed by atoms with Crippen molar-refractivity contribution in [3.63, 3.8) is 0 Å². The van der Waals surface area contributed by atoms with Crippen LogP contribution in [0.4, 0.5) is 10.8 Å². The average Bonchev–Trinajstić information content (AvgIpc) is 3.36. The number of imidazole rings is 1. The molecule has 8 heteroatoms. The quantitative estimate of drug-likeness (QED) is 0.464. The van der Waals surface area contributed by atoms with Crippen LogP contribution < -0.4 is 9.64 Å². The number of hydrogen-bond acceptors (Lipinski definition) is 7. The van der Waals surface area contributed by atoms with Crippen LogP contribution in [0.15, 0.2) is 43.0 Å². The van der Waals surface area contributed by atoms with Gasteiger partial charge in [-0.15, -0.1) is 0 Å². The van der Waals surface area contributed by atoms with Crippen LogP contribution in [0.5, 0.6) is 5.75 Å². The molecule has 3 aromatic heterocycles. The molecule has 1 aliphatic heterocycles. The lowest BCUT2D eigenvalue weighted by Gasteiger charge is -2.29. The van der Waals surface area contributed by atoms with Gasteiger partial charge in [-0.2, -0.15) is 0 Å². The van der Waals surface area contributed by atoms with Gasteiger partial charge in [0.15, 0.2) is 16.6 Å². The third kappa shape index (κ3) is 3.01. The number of ketones is 1. The summed E-state index contributed by atoms with van der Waals surface area (Å²) in [5.74, 6) is 1.03. The molecule has 31 heavy (non-hydrogen) atoms. The molecule has 7 nitrogen and oxygen atoms in total. The van der Waals surface area contributed by atoms with E-state index in [0.29, 0.717) is 19.6 Å². The molecule has 1 aromatic carbocycles. The zero-order valence-corrected chi connectivity index (χ0v) is 18.1. The van der Waals surface area contributed by atoms with E-state index in [-0.39, 0.29) is 11.2 Å². The van der Waals surface area contributed by atoms with Crippen LogP contribution in [0.25, 0.3) is 16.9 Å². The van der Waals surface area contributed by atoms with Crippen LogP contribution in [-0.2, 0) is 6.42 Å². The molecular formula is C23H21N5O2S. The number of nitrogens with zero attached hydrogens (tertiary/aromatic N) is 5. The lowest BCUT2D eigenvalue weighted by atomic mass is 9.78. The van der Waals surface area contributed by atoms with E-state index in [1.54, 1.807) is 12.4 Å². The minimum Gasteiger partial charge on any atom is -0.490 e. The van der Waals surface area contributed by atoms with Crippen molar-refractivity contribution in [2.24, 2.45) is 5.41 Å². The second-order valence-corrected chi connectivity index (χ2v) is 9.82. The Balaban J connectivity index is 1.44. The molecule has 0 spiro atoms. The third-order valence-electron chi connectivity index (χ3n) is 5.89. The van der Waals surface area contributed by atoms with Crippen LogP contribution in [0.3, 0.4) is 0 Å². The fourth-order valence-electron chi connectivity index (χ4n) is 4.45. The van der Waals surface area contributed by atoms with Crippen LogP contribution in [0, 0.1) is 5.41 Å². The molecule has 0 N–H and O–H groups in total. The summed E-state index contributed by atoms with van der Waals surface area (Å²) in [4.78, 5) is 29.2. The van der Waals surface area contributed by atoms with Gasteiger partial charge >= 0.3 is 0 Å². The van der Waals surface area contributed by atoms with Crippen LogP contribution in [0.1, 0.15) is 35.6 Å². The van der Waals surface area contributed by atoms with Crippen molar-refractivity contribution < 1.29 is 9.53 Å². The van der Waals surface area contributed by atoms with Crippen molar-refractivity contribution in [3.8, 4) is 17.0 Å². The van der Waals surface area contributed by atoms with Gasteiger partial charge in [-0.1, -0.05) is 25.2 Å². The number of ether oxygens (including phenoxy) is 1. The maximum atomic E-state index is 12.7. The standard InChI is InChI=1S/C23H21N5O2S/c1-23(2)10-15-21(18(29)11-23)31-22(26-15)28-7-8-30-19-4-3-14(9-16(19)28)17-12-25-20-13-24-5-6-27(17)20/h3-6,9,12-13H,7-8,10-11H2,1-2H3. The van der Waals surface area contributed by atoms with Gasteiger partial charge in [0, 0.05) is 24.4 Å². The smallest absolute Gasteiger partial charge is 0.190 e. The molecular weight excluding hydrogens is 410 g/mol. The first-order chi connectivity index (χ1) is 15.0. The molecule has 0 fully saturated rings. The van der Waals surface area contributed by atoms with Crippen molar-refractivity contribution in [1.29, 1.82) is 0 Å². The Bertz CT molecular complexity index is 1340. The molecule has 0 unspecified atom stereocenters. The largest absolute Gasteiger partial charge is 0.490 e. The first-order valence-electron chi connectivity index (χ1n) is 10.3. The van der Waals surface area contributed by atoms with Gasteiger partial charge in [-0.25, -0.2) is 9.97 Å². The minimum atomic E-state index is -0.0383. The molecule has 0 saturated carbocycles. The van der Waals surface area contributed by atoms with E-state index >= 15 is 0 Å². The van der Waals surface area contributed by atoms with Gasteiger partial charge in [-0.05, 0) is 30.0 Å². The van der Waals surface area contributed by atoms with E-state index in [0.717, 1.165) is 50.5 Å². The van der Waals surface area contributed by atoms with Gasteiger partial charge in [0.05, 0.1) is 40.9 Å². The molecule has 4 heterocycles. The number of carbonyl (C=O) groups excluding carboxylic acids is 1. The number of aromatic nitrogens is 4. The highest BCUT2D eigenvalue weighted by Gasteiger charge is 2.35. The predicted molar refractivity (Wildman–Crippen MR) is 119 cm³/mol. The number of anilines is 2. The molecule has 0 radical (unpaired) electrons. The summed E-state index contributed by atoms with van der Waals surface area (Å²) in [6.45, 7) is 5.54. The molecule has 1 aliphatic carbocycles. The number of Topliss-reactive ketones (excluding diaryl/α,β-unsaturated/α-hetero) is 1. The SMILES string of the molecule is CC1(C)CC(=O)c2sc(N3CCOc4ccc(-c5cnc6cnccn56)cc43)nc2C1. The fraction of sp³-hybridized carbons (Fsp3) is 0.304. The van der Waals surface area contributed by atoms with Gasteiger partial charge in [0.1, 0.15) is 12.4 Å². The Hall–Kier alpha value is -3.26. The molecule has 4 aromatic rings. The van der Waals surface area contributed by atoms with Gasteiger partial charge in [0.2, 0.25) is 0 Å². The Morgan fingerprint density at radius 3 is 3.00 bits per heavy atom. The van der Waals surface area contributed by atoms with Gasteiger partial charge in [-0.3, -0.25) is 14.2 Å². The normalized spacial score (nSPS) is 17.4. The number of thiazole rings is 1. The maximum absolute atomic E-state index is 12.7. The summed E-state index contributed by atoms with van der Waals surface area (Å²) in [5.41, 5.74) is 4.68. The van der Waals surface area contributed by atoms with Gasteiger partial charge in [0.25, 0.3) is 0 Å². The lowest BCUT2D eigenvalue weighted by Crippen LogP contribution is -2.28. The molecule has 0 bridgehead atoms. The predicted octanol–water partition coefficient (Wildman–Crippen LogP) is 4.54. The third-order valence-corrected chi connectivity index (χ3v) is 7.05.